The van der Waals surface area contributed by atoms with Gasteiger partial charge in [-0.1, -0.05) is 23.8 Å². The fourth-order valence-electron chi connectivity index (χ4n) is 2.37. The van der Waals surface area contributed by atoms with E-state index in [1.807, 2.05) is 24.3 Å². The van der Waals surface area contributed by atoms with Crippen molar-refractivity contribution in [2.24, 2.45) is 5.92 Å². The van der Waals surface area contributed by atoms with Crippen molar-refractivity contribution in [3.05, 3.63) is 35.4 Å². The van der Waals surface area contributed by atoms with Gasteiger partial charge in [0, 0.05) is 0 Å². The number of carbonyl (C=O) groups is 1. The van der Waals surface area contributed by atoms with Crippen LogP contribution in [0.2, 0.25) is 0 Å². The van der Waals surface area contributed by atoms with E-state index in [0.29, 0.717) is 0 Å². The minimum Gasteiger partial charge on any atom is -0.497 e. The van der Waals surface area contributed by atoms with Gasteiger partial charge in [0.25, 0.3) is 0 Å². The van der Waals surface area contributed by atoms with E-state index in [2.05, 4.69) is 6.08 Å². The zero-order valence-corrected chi connectivity index (χ0v) is 10.8. The van der Waals surface area contributed by atoms with Crippen LogP contribution in [-0.4, -0.2) is 20.2 Å². The van der Waals surface area contributed by atoms with Crippen molar-refractivity contribution in [2.75, 3.05) is 14.2 Å². The fourth-order valence-corrected chi connectivity index (χ4v) is 2.37. The number of carbonyl (C=O) groups excluding carboxylic acids is 1. The lowest BCUT2D eigenvalue weighted by atomic mass is 10.0. The van der Waals surface area contributed by atoms with Crippen molar-refractivity contribution in [3.8, 4) is 5.75 Å². The zero-order valence-electron chi connectivity index (χ0n) is 10.8. The van der Waals surface area contributed by atoms with Gasteiger partial charge in [0.15, 0.2) is 0 Å². The number of benzene rings is 1. The molecule has 0 bridgehead atoms. The molecule has 1 fully saturated rings. The number of rotatable bonds is 3. The number of methoxy groups -OCH3 is 2. The molecule has 0 spiro atoms. The summed E-state index contributed by atoms with van der Waals surface area (Å²) in [5.74, 6) is 0.664. The average Bonchev–Trinajstić information content (AvgIpc) is 2.87. The van der Waals surface area contributed by atoms with E-state index in [4.69, 9.17) is 9.47 Å². The maximum Gasteiger partial charge on any atom is 0.312 e. The van der Waals surface area contributed by atoms with Crippen molar-refractivity contribution < 1.29 is 14.3 Å². The maximum absolute atomic E-state index is 11.6. The van der Waals surface area contributed by atoms with Gasteiger partial charge in [0.2, 0.25) is 0 Å². The van der Waals surface area contributed by atoms with Crippen LogP contribution in [0.1, 0.15) is 24.8 Å². The van der Waals surface area contributed by atoms with E-state index in [1.54, 1.807) is 7.11 Å². The summed E-state index contributed by atoms with van der Waals surface area (Å²) in [6.07, 6.45) is 5.02. The van der Waals surface area contributed by atoms with Crippen LogP contribution in [0.5, 0.6) is 5.75 Å². The van der Waals surface area contributed by atoms with E-state index in [-0.39, 0.29) is 11.9 Å². The first kappa shape index (κ1) is 12.7. The van der Waals surface area contributed by atoms with Crippen LogP contribution < -0.4 is 4.74 Å². The molecule has 0 aliphatic heterocycles. The summed E-state index contributed by atoms with van der Waals surface area (Å²) in [6.45, 7) is 0. The average molecular weight is 246 g/mol. The molecule has 1 aliphatic rings. The lowest BCUT2D eigenvalue weighted by Crippen LogP contribution is -2.14. The Kier molecular flexibility index (Phi) is 4.03. The lowest BCUT2D eigenvalue weighted by molar-refractivity contribution is -0.143. The van der Waals surface area contributed by atoms with Crippen molar-refractivity contribution in [2.45, 2.75) is 19.3 Å². The van der Waals surface area contributed by atoms with Crippen LogP contribution in [0.4, 0.5) is 0 Å². The number of ether oxygens (including phenoxy) is 2. The van der Waals surface area contributed by atoms with Gasteiger partial charge in [-0.25, -0.2) is 0 Å². The first-order valence-electron chi connectivity index (χ1n) is 6.17. The molecule has 18 heavy (non-hydrogen) atoms. The molecule has 3 heteroatoms. The Labute approximate surface area is 107 Å². The van der Waals surface area contributed by atoms with E-state index in [0.717, 1.165) is 30.6 Å². The van der Waals surface area contributed by atoms with Gasteiger partial charge in [-0.05, 0) is 37.0 Å². The molecule has 3 nitrogen and oxygen atoms in total. The van der Waals surface area contributed by atoms with Gasteiger partial charge in [-0.15, -0.1) is 0 Å². The summed E-state index contributed by atoms with van der Waals surface area (Å²) in [6, 6.07) is 7.85. The predicted molar refractivity (Wildman–Crippen MR) is 70.3 cm³/mol. The summed E-state index contributed by atoms with van der Waals surface area (Å²) < 4.78 is 9.96. The van der Waals surface area contributed by atoms with Crippen molar-refractivity contribution in [3.63, 3.8) is 0 Å². The number of hydrogen-bond acceptors (Lipinski definition) is 3. The summed E-state index contributed by atoms with van der Waals surface area (Å²) >= 11 is 0. The highest BCUT2D eigenvalue weighted by Gasteiger charge is 2.28. The summed E-state index contributed by atoms with van der Waals surface area (Å²) in [5, 5.41) is 0. The topological polar surface area (TPSA) is 35.5 Å². The van der Waals surface area contributed by atoms with Gasteiger partial charge < -0.3 is 9.47 Å². The third-order valence-electron chi connectivity index (χ3n) is 3.36. The second-order valence-electron chi connectivity index (χ2n) is 4.46. The van der Waals surface area contributed by atoms with E-state index >= 15 is 0 Å². The maximum atomic E-state index is 11.6. The number of hydrogen-bond donors (Lipinski definition) is 0. The SMILES string of the molecule is COC(=O)C1CCCC1=Cc1ccc(OC)cc1. The second kappa shape index (κ2) is 5.71. The molecule has 1 aromatic rings. The molecule has 0 radical (unpaired) electrons. The molecule has 0 aromatic heterocycles. The van der Waals surface area contributed by atoms with Gasteiger partial charge in [-0.2, -0.15) is 0 Å². The lowest BCUT2D eigenvalue weighted by Gasteiger charge is -2.09. The molecule has 0 N–H and O–H groups in total. The van der Waals surface area contributed by atoms with Crippen LogP contribution in [0.3, 0.4) is 0 Å². The highest BCUT2D eigenvalue weighted by Crippen LogP contribution is 2.33. The fraction of sp³-hybridized carbons (Fsp3) is 0.400. The molecule has 1 atom stereocenters. The predicted octanol–water partition coefficient (Wildman–Crippen LogP) is 3.05. The molecule has 1 aromatic carbocycles. The standard InChI is InChI=1S/C15H18O3/c1-17-13-8-6-11(7-9-13)10-12-4-3-5-14(12)15(16)18-2/h6-10,14H,3-5H2,1-2H3. The van der Waals surface area contributed by atoms with Crippen molar-refractivity contribution in [1.82, 2.24) is 0 Å². The molecular weight excluding hydrogens is 228 g/mol. The molecule has 1 aliphatic carbocycles. The Bertz CT molecular complexity index is 445. The monoisotopic (exact) mass is 246 g/mol. The Morgan fingerprint density at radius 1 is 1.28 bits per heavy atom. The Morgan fingerprint density at radius 3 is 2.61 bits per heavy atom. The van der Waals surface area contributed by atoms with Gasteiger partial charge in [0.05, 0.1) is 20.1 Å². The van der Waals surface area contributed by atoms with Crippen molar-refractivity contribution in [1.29, 1.82) is 0 Å². The Hall–Kier alpha value is -1.77. The first-order valence-corrected chi connectivity index (χ1v) is 6.17. The molecule has 1 unspecified atom stereocenters. The van der Waals surface area contributed by atoms with Gasteiger partial charge in [0.1, 0.15) is 5.75 Å². The summed E-state index contributed by atoms with van der Waals surface area (Å²) in [7, 11) is 3.10. The molecule has 0 heterocycles. The van der Waals surface area contributed by atoms with E-state index in [9.17, 15) is 4.79 Å². The third-order valence-corrected chi connectivity index (χ3v) is 3.36. The van der Waals surface area contributed by atoms with Crippen LogP contribution in [0.25, 0.3) is 6.08 Å². The molecule has 2 rings (SSSR count). The first-order chi connectivity index (χ1) is 8.74. The van der Waals surface area contributed by atoms with Crippen LogP contribution in [-0.2, 0) is 9.53 Å². The number of esters is 1. The minimum absolute atomic E-state index is 0.0582. The normalized spacial score (nSPS) is 21.0. The summed E-state index contributed by atoms with van der Waals surface area (Å²) in [5.41, 5.74) is 2.27. The molecule has 0 amide bonds. The minimum atomic E-state index is -0.118. The van der Waals surface area contributed by atoms with Crippen LogP contribution >= 0.6 is 0 Å². The molecule has 96 valence electrons. The highest BCUT2D eigenvalue weighted by atomic mass is 16.5. The molecular formula is C15H18O3. The van der Waals surface area contributed by atoms with Gasteiger partial charge in [-0.3, -0.25) is 4.79 Å². The third kappa shape index (κ3) is 2.73. The van der Waals surface area contributed by atoms with Crippen molar-refractivity contribution >= 4 is 12.0 Å². The van der Waals surface area contributed by atoms with E-state index in [1.165, 1.54) is 12.7 Å². The second-order valence-corrected chi connectivity index (χ2v) is 4.46. The Morgan fingerprint density at radius 2 is 2.00 bits per heavy atom. The highest BCUT2D eigenvalue weighted by molar-refractivity contribution is 5.78. The summed E-state index contributed by atoms with van der Waals surface area (Å²) in [4.78, 5) is 11.6. The largest absolute Gasteiger partial charge is 0.497 e. The molecule has 0 saturated heterocycles. The Balaban J connectivity index is 2.18. The van der Waals surface area contributed by atoms with E-state index < -0.39 is 0 Å². The smallest absolute Gasteiger partial charge is 0.312 e. The van der Waals surface area contributed by atoms with Crippen LogP contribution in [0.15, 0.2) is 29.8 Å². The van der Waals surface area contributed by atoms with Crippen LogP contribution in [0, 0.1) is 5.92 Å². The quantitative estimate of drug-likeness (QED) is 0.769. The molecule has 1 saturated carbocycles. The van der Waals surface area contributed by atoms with Gasteiger partial charge >= 0.3 is 5.97 Å². The zero-order chi connectivity index (χ0) is 13.0.